The van der Waals surface area contributed by atoms with Crippen molar-refractivity contribution >= 4 is 17.3 Å². The minimum absolute atomic E-state index is 0.205. The van der Waals surface area contributed by atoms with E-state index in [0.717, 1.165) is 24.3 Å². The van der Waals surface area contributed by atoms with Crippen LogP contribution in [0.2, 0.25) is 0 Å². The first-order chi connectivity index (χ1) is 8.72. The fourth-order valence-corrected chi connectivity index (χ4v) is 2.18. The Hall–Kier alpha value is -1.89. The Balaban J connectivity index is 2.04. The van der Waals surface area contributed by atoms with Gasteiger partial charge in [0.15, 0.2) is 10.7 Å². The van der Waals surface area contributed by atoms with Gasteiger partial charge in [0.05, 0.1) is 0 Å². The monoisotopic (exact) mass is 267 g/mol. The zero-order valence-corrected chi connectivity index (χ0v) is 10.7. The molecule has 96 valence electrons. The predicted molar refractivity (Wildman–Crippen MR) is 65.9 cm³/mol. The van der Waals surface area contributed by atoms with Gasteiger partial charge < -0.3 is 9.84 Å². The number of carboxylic acid groups (broad SMARTS) is 1. The van der Waals surface area contributed by atoms with E-state index in [2.05, 4.69) is 10.1 Å². The van der Waals surface area contributed by atoms with Gasteiger partial charge in [-0.3, -0.25) is 0 Å². The summed E-state index contributed by atoms with van der Waals surface area (Å²) in [5, 5.41) is 14.7. The number of nitrogens with zero attached hydrogens (tertiary/aromatic N) is 3. The molecule has 0 aliphatic rings. The maximum atomic E-state index is 10.9. The van der Waals surface area contributed by atoms with Crippen LogP contribution in [0.25, 0.3) is 0 Å². The van der Waals surface area contributed by atoms with Crippen LogP contribution in [-0.4, -0.2) is 25.8 Å². The molecular formula is C11H13N3O3S. The third-order valence-electron chi connectivity index (χ3n) is 2.31. The van der Waals surface area contributed by atoms with Crippen LogP contribution in [0.1, 0.15) is 28.8 Å². The largest absolute Gasteiger partial charge is 0.484 e. The molecule has 0 saturated heterocycles. The van der Waals surface area contributed by atoms with Crippen LogP contribution in [-0.2, 0) is 13.2 Å². The van der Waals surface area contributed by atoms with Crippen molar-refractivity contribution in [1.82, 2.24) is 14.8 Å². The van der Waals surface area contributed by atoms with Crippen LogP contribution in [0.4, 0.5) is 0 Å². The first kappa shape index (κ1) is 12.6. The number of aryl methyl sites for hydroxylation is 1. The first-order valence-electron chi connectivity index (χ1n) is 5.52. The average Bonchev–Trinajstić information content (AvgIpc) is 2.95. The minimum atomic E-state index is -0.977. The predicted octanol–water partition coefficient (Wildman–Crippen LogP) is 2.03. The lowest BCUT2D eigenvalue weighted by atomic mass is 10.4. The van der Waals surface area contributed by atoms with Gasteiger partial charge in [0.2, 0.25) is 0 Å². The third-order valence-corrected chi connectivity index (χ3v) is 3.19. The fourth-order valence-electron chi connectivity index (χ4n) is 1.51. The Morgan fingerprint density at radius 2 is 2.44 bits per heavy atom. The standard InChI is InChI=1S/C11H13N3O3S/c1-2-4-14-9(12-7-13-14)6-17-8-3-5-18-10(8)11(15)16/h3,5,7H,2,4,6H2,1H3,(H,15,16). The second kappa shape index (κ2) is 5.63. The van der Waals surface area contributed by atoms with Crippen LogP contribution in [0, 0.1) is 0 Å². The first-order valence-corrected chi connectivity index (χ1v) is 6.40. The highest BCUT2D eigenvalue weighted by molar-refractivity contribution is 7.12. The van der Waals surface area contributed by atoms with Gasteiger partial charge in [-0.15, -0.1) is 11.3 Å². The van der Waals surface area contributed by atoms with E-state index in [1.807, 2.05) is 6.92 Å². The Morgan fingerprint density at radius 3 is 3.17 bits per heavy atom. The van der Waals surface area contributed by atoms with Crippen molar-refractivity contribution in [3.8, 4) is 5.75 Å². The van der Waals surface area contributed by atoms with E-state index in [9.17, 15) is 4.79 Å². The number of aromatic nitrogens is 3. The molecular weight excluding hydrogens is 254 g/mol. The maximum Gasteiger partial charge on any atom is 0.349 e. The van der Waals surface area contributed by atoms with Gasteiger partial charge in [-0.2, -0.15) is 5.10 Å². The van der Waals surface area contributed by atoms with Crippen LogP contribution in [0.15, 0.2) is 17.8 Å². The van der Waals surface area contributed by atoms with Crippen LogP contribution >= 0.6 is 11.3 Å². The SMILES string of the molecule is CCCn1ncnc1COc1ccsc1C(=O)O. The topological polar surface area (TPSA) is 77.2 Å². The van der Waals surface area contributed by atoms with E-state index < -0.39 is 5.97 Å². The van der Waals surface area contributed by atoms with Gasteiger partial charge in [-0.1, -0.05) is 6.92 Å². The van der Waals surface area contributed by atoms with Crippen molar-refractivity contribution in [2.75, 3.05) is 0 Å². The Labute approximate surface area is 108 Å². The Kier molecular flexibility index (Phi) is 3.93. The summed E-state index contributed by atoms with van der Waals surface area (Å²) in [7, 11) is 0. The molecule has 0 atom stereocenters. The molecule has 2 rings (SSSR count). The maximum absolute atomic E-state index is 10.9. The highest BCUT2D eigenvalue weighted by Gasteiger charge is 2.14. The second-order valence-electron chi connectivity index (χ2n) is 3.61. The number of rotatable bonds is 6. The summed E-state index contributed by atoms with van der Waals surface area (Å²) in [6, 6.07) is 1.65. The average molecular weight is 267 g/mol. The summed E-state index contributed by atoms with van der Waals surface area (Å²) < 4.78 is 7.23. The fraction of sp³-hybridized carbons (Fsp3) is 0.364. The number of carboxylic acids is 1. The summed E-state index contributed by atoms with van der Waals surface area (Å²) in [4.78, 5) is 15.2. The summed E-state index contributed by atoms with van der Waals surface area (Å²) >= 11 is 1.14. The van der Waals surface area contributed by atoms with Crippen molar-refractivity contribution in [1.29, 1.82) is 0 Å². The summed E-state index contributed by atoms with van der Waals surface area (Å²) in [6.07, 6.45) is 2.43. The Morgan fingerprint density at radius 1 is 1.61 bits per heavy atom. The van der Waals surface area contributed by atoms with Gasteiger partial charge in [0.1, 0.15) is 18.7 Å². The lowest BCUT2D eigenvalue weighted by Gasteiger charge is -2.06. The van der Waals surface area contributed by atoms with Gasteiger partial charge in [0.25, 0.3) is 0 Å². The van der Waals surface area contributed by atoms with E-state index in [-0.39, 0.29) is 11.5 Å². The molecule has 0 aromatic carbocycles. The number of carbonyl (C=O) groups is 1. The number of hydrogen-bond donors (Lipinski definition) is 1. The summed E-state index contributed by atoms with van der Waals surface area (Å²) in [6.45, 7) is 3.04. The lowest BCUT2D eigenvalue weighted by molar-refractivity contribution is 0.0697. The molecule has 0 bridgehead atoms. The molecule has 2 heterocycles. The molecule has 0 saturated carbocycles. The second-order valence-corrected chi connectivity index (χ2v) is 4.52. The molecule has 6 nitrogen and oxygen atoms in total. The summed E-state index contributed by atoms with van der Waals surface area (Å²) in [5.74, 6) is 0.0907. The van der Waals surface area contributed by atoms with E-state index in [0.29, 0.717) is 11.6 Å². The van der Waals surface area contributed by atoms with E-state index in [4.69, 9.17) is 9.84 Å². The zero-order valence-electron chi connectivity index (χ0n) is 9.87. The lowest BCUT2D eigenvalue weighted by Crippen LogP contribution is -2.09. The van der Waals surface area contributed by atoms with E-state index >= 15 is 0 Å². The van der Waals surface area contributed by atoms with Crippen LogP contribution in [0.3, 0.4) is 0 Å². The van der Waals surface area contributed by atoms with Crippen LogP contribution in [0.5, 0.6) is 5.75 Å². The van der Waals surface area contributed by atoms with E-state index in [1.165, 1.54) is 6.33 Å². The third kappa shape index (κ3) is 2.67. The molecule has 0 radical (unpaired) electrons. The highest BCUT2D eigenvalue weighted by atomic mass is 32.1. The number of hydrogen-bond acceptors (Lipinski definition) is 5. The molecule has 0 amide bonds. The van der Waals surface area contributed by atoms with E-state index in [1.54, 1.807) is 16.1 Å². The minimum Gasteiger partial charge on any atom is -0.484 e. The van der Waals surface area contributed by atoms with Crippen molar-refractivity contribution in [2.45, 2.75) is 26.5 Å². The van der Waals surface area contributed by atoms with Gasteiger partial charge in [0, 0.05) is 6.54 Å². The number of aromatic carboxylic acids is 1. The molecule has 7 heteroatoms. The molecule has 0 aliphatic carbocycles. The van der Waals surface area contributed by atoms with Gasteiger partial charge in [-0.25, -0.2) is 14.5 Å². The molecule has 2 aromatic heterocycles. The zero-order chi connectivity index (χ0) is 13.0. The van der Waals surface area contributed by atoms with Crippen LogP contribution < -0.4 is 4.74 Å². The Bertz CT molecular complexity index is 535. The van der Waals surface area contributed by atoms with Crippen molar-refractivity contribution in [2.24, 2.45) is 0 Å². The van der Waals surface area contributed by atoms with Crippen molar-refractivity contribution < 1.29 is 14.6 Å². The number of thiophene rings is 1. The molecule has 1 N–H and O–H groups in total. The van der Waals surface area contributed by atoms with Gasteiger partial charge >= 0.3 is 5.97 Å². The summed E-state index contributed by atoms with van der Waals surface area (Å²) in [5.41, 5.74) is 0. The van der Waals surface area contributed by atoms with Gasteiger partial charge in [-0.05, 0) is 17.9 Å². The van der Waals surface area contributed by atoms with Crippen molar-refractivity contribution in [3.63, 3.8) is 0 Å². The molecule has 0 spiro atoms. The molecule has 18 heavy (non-hydrogen) atoms. The quantitative estimate of drug-likeness (QED) is 0.866. The number of ether oxygens (including phenoxy) is 1. The highest BCUT2D eigenvalue weighted by Crippen LogP contribution is 2.25. The van der Waals surface area contributed by atoms with Crippen molar-refractivity contribution in [3.05, 3.63) is 28.5 Å². The normalized spacial score (nSPS) is 10.5. The molecule has 0 fully saturated rings. The molecule has 0 aliphatic heterocycles. The molecule has 2 aromatic rings. The smallest absolute Gasteiger partial charge is 0.349 e. The molecule has 0 unspecified atom stereocenters.